The van der Waals surface area contributed by atoms with Crippen LogP contribution in [0.25, 0.3) is 0 Å². The second-order valence-electron chi connectivity index (χ2n) is 4.34. The Morgan fingerprint density at radius 1 is 1.43 bits per heavy atom. The number of aliphatic carboxylic acids is 1. The number of aryl methyl sites for hydroxylation is 1. The first-order chi connectivity index (χ1) is 9.85. The Morgan fingerprint density at radius 3 is 2.67 bits per heavy atom. The lowest BCUT2D eigenvalue weighted by molar-refractivity contribution is -0.137. The predicted octanol–water partition coefficient (Wildman–Crippen LogP) is 2.17. The van der Waals surface area contributed by atoms with Crippen LogP contribution in [0.3, 0.4) is 0 Å². The van der Waals surface area contributed by atoms with Crippen molar-refractivity contribution in [2.24, 2.45) is 0 Å². The summed E-state index contributed by atoms with van der Waals surface area (Å²) in [6.07, 6.45) is -0.124. The quantitative estimate of drug-likeness (QED) is 0.785. The summed E-state index contributed by atoms with van der Waals surface area (Å²) in [4.78, 5) is 35.7. The van der Waals surface area contributed by atoms with Gasteiger partial charge in [0.25, 0.3) is 0 Å². The number of anilines is 1. The first-order valence-electron chi connectivity index (χ1n) is 6.36. The standard InChI is InChI=1S/C13H18N2O5S/c1-4-20-12(18)11-8(2)7-9(21-11)14-13(19)15(3)6-5-10(16)17/h7H,4-6H2,1-3H3,(H,14,19)(H,16,17). The molecule has 7 nitrogen and oxygen atoms in total. The lowest BCUT2D eigenvalue weighted by atomic mass is 10.3. The maximum atomic E-state index is 11.9. The molecule has 0 bridgehead atoms. The third-order valence-electron chi connectivity index (χ3n) is 2.62. The third-order valence-corrected chi connectivity index (χ3v) is 3.75. The summed E-state index contributed by atoms with van der Waals surface area (Å²) in [5.74, 6) is -1.38. The Labute approximate surface area is 126 Å². The number of nitrogens with one attached hydrogen (secondary N) is 1. The van der Waals surface area contributed by atoms with Crippen molar-refractivity contribution in [1.29, 1.82) is 0 Å². The van der Waals surface area contributed by atoms with E-state index in [1.165, 1.54) is 11.9 Å². The highest BCUT2D eigenvalue weighted by molar-refractivity contribution is 7.18. The fraction of sp³-hybridized carbons (Fsp3) is 0.462. The van der Waals surface area contributed by atoms with Crippen LogP contribution < -0.4 is 5.32 Å². The van der Waals surface area contributed by atoms with Crippen molar-refractivity contribution in [1.82, 2.24) is 4.90 Å². The molecular formula is C13H18N2O5S. The molecule has 0 aliphatic rings. The van der Waals surface area contributed by atoms with E-state index in [1.54, 1.807) is 19.9 Å². The molecule has 0 fully saturated rings. The van der Waals surface area contributed by atoms with Gasteiger partial charge in [0.05, 0.1) is 18.0 Å². The molecule has 1 aromatic rings. The summed E-state index contributed by atoms with van der Waals surface area (Å²) >= 11 is 1.13. The van der Waals surface area contributed by atoms with E-state index in [4.69, 9.17) is 9.84 Å². The third kappa shape index (κ3) is 5.07. The lowest BCUT2D eigenvalue weighted by Gasteiger charge is -2.15. The van der Waals surface area contributed by atoms with Crippen LogP contribution in [0, 0.1) is 6.92 Å². The molecule has 2 amide bonds. The van der Waals surface area contributed by atoms with Crippen LogP contribution in [0.5, 0.6) is 0 Å². The fourth-order valence-corrected chi connectivity index (χ4v) is 2.46. The Morgan fingerprint density at radius 2 is 2.10 bits per heavy atom. The van der Waals surface area contributed by atoms with E-state index in [0.29, 0.717) is 9.88 Å². The molecule has 0 saturated heterocycles. The first kappa shape index (κ1) is 17.0. The minimum absolute atomic E-state index is 0.107. The van der Waals surface area contributed by atoms with Crippen molar-refractivity contribution in [3.63, 3.8) is 0 Å². The molecule has 0 radical (unpaired) electrons. The zero-order valence-corrected chi connectivity index (χ0v) is 13.0. The van der Waals surface area contributed by atoms with Gasteiger partial charge in [-0.15, -0.1) is 11.3 Å². The Hall–Kier alpha value is -2.09. The second kappa shape index (κ2) is 7.63. The Balaban J connectivity index is 2.66. The second-order valence-corrected chi connectivity index (χ2v) is 5.39. The van der Waals surface area contributed by atoms with Gasteiger partial charge in [-0.2, -0.15) is 0 Å². The lowest BCUT2D eigenvalue weighted by Crippen LogP contribution is -2.32. The molecule has 0 spiro atoms. The van der Waals surface area contributed by atoms with Crippen LogP contribution in [0.1, 0.15) is 28.6 Å². The van der Waals surface area contributed by atoms with Gasteiger partial charge in [-0.3, -0.25) is 10.1 Å². The summed E-state index contributed by atoms with van der Waals surface area (Å²) in [5, 5.41) is 11.7. The van der Waals surface area contributed by atoms with Crippen molar-refractivity contribution in [2.45, 2.75) is 20.3 Å². The van der Waals surface area contributed by atoms with Gasteiger partial charge in [-0.25, -0.2) is 9.59 Å². The Kier molecular flexibility index (Phi) is 6.16. The molecule has 0 aliphatic carbocycles. The highest BCUT2D eigenvalue weighted by atomic mass is 32.1. The fourth-order valence-electron chi connectivity index (χ4n) is 1.51. The number of carbonyl (C=O) groups is 3. The summed E-state index contributed by atoms with van der Waals surface area (Å²) in [6.45, 7) is 3.87. The summed E-state index contributed by atoms with van der Waals surface area (Å²) < 4.78 is 4.92. The monoisotopic (exact) mass is 314 g/mol. The van der Waals surface area contributed by atoms with Gasteiger partial charge in [-0.1, -0.05) is 0 Å². The van der Waals surface area contributed by atoms with Crippen molar-refractivity contribution in [2.75, 3.05) is 25.5 Å². The van der Waals surface area contributed by atoms with E-state index in [0.717, 1.165) is 16.9 Å². The number of hydrogen-bond acceptors (Lipinski definition) is 5. The highest BCUT2D eigenvalue weighted by Crippen LogP contribution is 2.27. The molecule has 0 atom stereocenters. The predicted molar refractivity (Wildman–Crippen MR) is 78.9 cm³/mol. The molecule has 1 aromatic heterocycles. The van der Waals surface area contributed by atoms with Gasteiger partial charge in [0, 0.05) is 13.6 Å². The van der Waals surface area contributed by atoms with E-state index in [1.807, 2.05) is 0 Å². The van der Waals surface area contributed by atoms with E-state index >= 15 is 0 Å². The number of carboxylic acids is 1. The van der Waals surface area contributed by atoms with Gasteiger partial charge in [0.1, 0.15) is 4.88 Å². The van der Waals surface area contributed by atoms with Crippen LogP contribution in [0.4, 0.5) is 9.80 Å². The molecule has 116 valence electrons. The molecule has 0 unspecified atom stereocenters. The van der Waals surface area contributed by atoms with Gasteiger partial charge in [-0.05, 0) is 25.5 Å². The number of thiophene rings is 1. The molecule has 1 rings (SSSR count). The molecule has 0 saturated carbocycles. The average Bonchev–Trinajstić information content (AvgIpc) is 2.77. The topological polar surface area (TPSA) is 95.9 Å². The van der Waals surface area contributed by atoms with Crippen molar-refractivity contribution >= 4 is 34.3 Å². The minimum Gasteiger partial charge on any atom is -0.481 e. The largest absolute Gasteiger partial charge is 0.481 e. The molecule has 8 heteroatoms. The van der Waals surface area contributed by atoms with Crippen LogP contribution in [0.15, 0.2) is 6.07 Å². The molecule has 21 heavy (non-hydrogen) atoms. The van der Waals surface area contributed by atoms with Crippen molar-refractivity contribution < 1.29 is 24.2 Å². The molecular weight excluding hydrogens is 296 g/mol. The van der Waals surface area contributed by atoms with Gasteiger partial charge in [0.2, 0.25) is 0 Å². The van der Waals surface area contributed by atoms with Crippen LogP contribution in [-0.2, 0) is 9.53 Å². The number of hydrogen-bond donors (Lipinski definition) is 2. The zero-order valence-electron chi connectivity index (χ0n) is 12.1. The molecule has 2 N–H and O–H groups in total. The minimum atomic E-state index is -0.966. The zero-order chi connectivity index (χ0) is 16.0. The number of urea groups is 1. The number of ether oxygens (including phenoxy) is 1. The maximum absolute atomic E-state index is 11.9. The number of carboxylic acid groups (broad SMARTS) is 1. The number of nitrogens with zero attached hydrogens (tertiary/aromatic N) is 1. The molecule has 1 heterocycles. The SMILES string of the molecule is CCOC(=O)c1sc(NC(=O)N(C)CCC(=O)O)cc1C. The average molecular weight is 314 g/mol. The van der Waals surface area contributed by atoms with E-state index in [-0.39, 0.29) is 19.6 Å². The van der Waals surface area contributed by atoms with Crippen molar-refractivity contribution in [3.05, 3.63) is 16.5 Å². The number of esters is 1. The van der Waals surface area contributed by atoms with Gasteiger partial charge >= 0.3 is 18.0 Å². The summed E-state index contributed by atoms with van der Waals surface area (Å²) in [7, 11) is 1.50. The van der Waals surface area contributed by atoms with E-state index < -0.39 is 18.0 Å². The van der Waals surface area contributed by atoms with E-state index in [9.17, 15) is 14.4 Å². The van der Waals surface area contributed by atoms with Crippen molar-refractivity contribution in [3.8, 4) is 0 Å². The number of rotatable bonds is 6. The molecule has 0 aromatic carbocycles. The first-order valence-corrected chi connectivity index (χ1v) is 7.18. The number of carbonyl (C=O) groups excluding carboxylic acids is 2. The van der Waals surface area contributed by atoms with Crippen LogP contribution in [0.2, 0.25) is 0 Å². The normalized spacial score (nSPS) is 10.0. The van der Waals surface area contributed by atoms with Gasteiger partial charge in [0.15, 0.2) is 0 Å². The summed E-state index contributed by atoms with van der Waals surface area (Å²) in [6, 6.07) is 1.26. The maximum Gasteiger partial charge on any atom is 0.348 e. The molecule has 0 aliphatic heterocycles. The smallest absolute Gasteiger partial charge is 0.348 e. The Bertz CT molecular complexity index is 541. The number of amides is 2. The summed E-state index contributed by atoms with van der Waals surface area (Å²) in [5.41, 5.74) is 0.724. The highest BCUT2D eigenvalue weighted by Gasteiger charge is 2.17. The van der Waals surface area contributed by atoms with E-state index in [2.05, 4.69) is 5.32 Å². The van der Waals surface area contributed by atoms with Crippen LogP contribution in [-0.4, -0.2) is 48.2 Å². The van der Waals surface area contributed by atoms with Gasteiger partial charge < -0.3 is 14.7 Å². The van der Waals surface area contributed by atoms with Crippen LogP contribution >= 0.6 is 11.3 Å².